The quantitative estimate of drug-likeness (QED) is 0.0635. The van der Waals surface area contributed by atoms with Gasteiger partial charge in [-0.3, -0.25) is 14.5 Å². The van der Waals surface area contributed by atoms with Crippen molar-refractivity contribution in [1.29, 1.82) is 0 Å². The van der Waals surface area contributed by atoms with Crippen LogP contribution in [0, 0.1) is 0 Å². The minimum Gasteiger partial charge on any atom is -0.506 e. The second kappa shape index (κ2) is 21.3. The number of ether oxygens (including phenoxy) is 2. The Bertz CT molecular complexity index is 2270. The molecule has 0 radical (unpaired) electrons. The second-order valence-electron chi connectivity index (χ2n) is 14.3. The minimum atomic E-state index is -1.01. The smallest absolute Gasteiger partial charge is 0.412 e. The zero-order valence-corrected chi connectivity index (χ0v) is 35.1. The fourth-order valence-electron chi connectivity index (χ4n) is 7.30. The van der Waals surface area contributed by atoms with Crippen LogP contribution in [-0.4, -0.2) is 83.1 Å². The van der Waals surface area contributed by atoms with Gasteiger partial charge >= 0.3 is 6.09 Å². The van der Waals surface area contributed by atoms with E-state index in [0.717, 1.165) is 29.5 Å². The Hall–Kier alpha value is -5.02. The molecule has 0 aliphatic heterocycles. The number of carbonyl (C=O) groups is 2. The molecule has 1 aliphatic rings. The third-order valence-electron chi connectivity index (χ3n) is 10.5. The number of aromatic amines is 1. The number of aliphatic hydroxyl groups excluding tert-OH is 1. The van der Waals surface area contributed by atoms with Crippen molar-refractivity contribution in [2.75, 3.05) is 38.8 Å². The number of hydrogen-bond acceptors (Lipinski definition) is 9. The highest BCUT2D eigenvalue weighted by Crippen LogP contribution is 2.37. The topological polar surface area (TPSA) is 191 Å². The van der Waals surface area contributed by atoms with Gasteiger partial charge in [0.15, 0.2) is 6.61 Å². The summed E-state index contributed by atoms with van der Waals surface area (Å²) in [5.74, 6) is 0.364. The number of H-pyrrole nitrogens is 1. The molecule has 2 amide bonds. The van der Waals surface area contributed by atoms with Crippen LogP contribution in [0.2, 0.25) is 5.02 Å². The summed E-state index contributed by atoms with van der Waals surface area (Å²) in [6.45, 7) is 0.513. The number of likely N-dealkylation sites (N-methyl/N-ethyl adjacent to an activating group) is 1. The van der Waals surface area contributed by atoms with E-state index in [1.165, 1.54) is 24.1 Å². The van der Waals surface area contributed by atoms with Crippen LogP contribution >= 0.6 is 36.4 Å². The fraction of sp³-hybridized carbons (Fsp3) is 0.326. The molecule has 13 nitrogen and oxygen atoms in total. The lowest BCUT2D eigenvalue weighted by Gasteiger charge is -2.35. The van der Waals surface area contributed by atoms with E-state index in [-0.39, 0.29) is 90.1 Å². The Morgan fingerprint density at radius 3 is 2.41 bits per heavy atom. The van der Waals surface area contributed by atoms with Gasteiger partial charge in [-0.2, -0.15) is 0 Å². The molecule has 1 aliphatic carbocycles. The molecule has 1 aromatic heterocycles. The van der Waals surface area contributed by atoms with Crippen LogP contribution in [0.5, 0.6) is 17.2 Å². The molecule has 59 heavy (non-hydrogen) atoms. The first-order valence-corrected chi connectivity index (χ1v) is 19.2. The number of benzene rings is 4. The molecule has 0 saturated heterocycles. The number of halogens is 3. The van der Waals surface area contributed by atoms with Crippen molar-refractivity contribution in [3.63, 3.8) is 0 Å². The zero-order valence-electron chi connectivity index (χ0n) is 32.7. The number of methoxy groups -OCH3 is 1. The number of nitrogens with two attached hydrogens (primary N) is 1. The first-order valence-electron chi connectivity index (χ1n) is 18.9. The number of nitrogens with one attached hydrogen (secondary N) is 2. The maximum absolute atomic E-state index is 13.2. The normalized spacial score (nSPS) is 15.3. The van der Waals surface area contributed by atoms with Gasteiger partial charge in [-0.1, -0.05) is 60.1 Å². The first-order chi connectivity index (χ1) is 27.4. The van der Waals surface area contributed by atoms with Crippen molar-refractivity contribution in [3.05, 3.63) is 117 Å². The maximum atomic E-state index is 13.2. The molecule has 0 unspecified atom stereocenters. The van der Waals surface area contributed by atoms with Crippen LogP contribution in [0.4, 0.5) is 10.5 Å². The average molecular weight is 871 g/mol. The SMILES string of the molecule is COc1cc(OCC(=O)N(C)CCc2ccc(-c3ccccc3)c(N(C(=O)O)C3CCC(N)CC3)c2)c(Cl)cc1CNC[C@@H](O)c1ccc(O)c2[nH]c(=O)ccc12.Cl.Cl. The molecule has 0 spiro atoms. The summed E-state index contributed by atoms with van der Waals surface area (Å²) in [6.07, 6.45) is 1.43. The first kappa shape index (κ1) is 46.7. The molecule has 1 fully saturated rings. The maximum Gasteiger partial charge on any atom is 0.412 e. The third-order valence-corrected chi connectivity index (χ3v) is 10.8. The fourth-order valence-corrected chi connectivity index (χ4v) is 7.54. The Morgan fingerprint density at radius 2 is 1.71 bits per heavy atom. The van der Waals surface area contributed by atoms with Gasteiger partial charge < -0.3 is 45.7 Å². The number of hydrogen-bond donors (Lipinski definition) is 6. The minimum absolute atomic E-state index is 0. The van der Waals surface area contributed by atoms with Crippen molar-refractivity contribution < 1.29 is 34.4 Å². The lowest BCUT2D eigenvalue weighted by Crippen LogP contribution is -2.44. The van der Waals surface area contributed by atoms with E-state index in [0.29, 0.717) is 53.8 Å². The van der Waals surface area contributed by atoms with E-state index in [1.54, 1.807) is 36.2 Å². The van der Waals surface area contributed by atoms with E-state index in [9.17, 15) is 29.7 Å². The molecular formula is C43H50Cl3N5O8. The van der Waals surface area contributed by atoms with E-state index >= 15 is 0 Å². The Kier molecular flexibility index (Phi) is 16.8. The van der Waals surface area contributed by atoms with Crippen molar-refractivity contribution in [3.8, 4) is 28.4 Å². The van der Waals surface area contributed by atoms with Gasteiger partial charge in [0.25, 0.3) is 5.91 Å². The monoisotopic (exact) mass is 869 g/mol. The predicted molar refractivity (Wildman–Crippen MR) is 235 cm³/mol. The largest absolute Gasteiger partial charge is 0.506 e. The molecule has 0 bridgehead atoms. The molecule has 5 aromatic rings. The van der Waals surface area contributed by atoms with Crippen molar-refractivity contribution in [2.45, 2.75) is 56.8 Å². The summed E-state index contributed by atoms with van der Waals surface area (Å²) >= 11 is 6.59. The van der Waals surface area contributed by atoms with E-state index in [1.807, 2.05) is 48.5 Å². The van der Waals surface area contributed by atoms with Crippen LogP contribution in [0.15, 0.2) is 89.7 Å². The molecular weight excluding hydrogens is 821 g/mol. The van der Waals surface area contributed by atoms with Gasteiger partial charge in [0.05, 0.1) is 29.4 Å². The number of carboxylic acid groups (broad SMARTS) is 1. The van der Waals surface area contributed by atoms with Crippen LogP contribution in [0.1, 0.15) is 48.5 Å². The van der Waals surface area contributed by atoms with Crippen LogP contribution < -0.4 is 31.0 Å². The molecule has 1 atom stereocenters. The summed E-state index contributed by atoms with van der Waals surface area (Å²) in [4.78, 5) is 43.4. The summed E-state index contributed by atoms with van der Waals surface area (Å²) in [6, 6.07) is 24.7. The number of aromatic nitrogens is 1. The summed E-state index contributed by atoms with van der Waals surface area (Å²) < 4.78 is 11.4. The number of phenols is 1. The van der Waals surface area contributed by atoms with Gasteiger partial charge in [-0.25, -0.2) is 4.79 Å². The lowest BCUT2D eigenvalue weighted by atomic mass is 9.89. The molecule has 4 aromatic carbocycles. The highest BCUT2D eigenvalue weighted by Gasteiger charge is 2.31. The van der Waals surface area contributed by atoms with Crippen LogP contribution in [0.3, 0.4) is 0 Å². The highest BCUT2D eigenvalue weighted by molar-refractivity contribution is 6.32. The van der Waals surface area contributed by atoms with Crippen molar-refractivity contribution >= 4 is 65.0 Å². The molecule has 1 heterocycles. The second-order valence-corrected chi connectivity index (χ2v) is 14.7. The number of nitrogens with zero attached hydrogens (tertiary/aromatic N) is 2. The molecule has 6 rings (SSSR count). The number of aliphatic hydroxyl groups is 1. The number of pyridine rings is 1. The van der Waals surface area contributed by atoms with Gasteiger partial charge in [0, 0.05) is 67.4 Å². The van der Waals surface area contributed by atoms with E-state index in [2.05, 4.69) is 10.3 Å². The number of phenolic OH excluding ortho intramolecular Hbond substituents is 1. The molecule has 16 heteroatoms. The van der Waals surface area contributed by atoms with Crippen LogP contribution in [0.25, 0.3) is 22.0 Å². The predicted octanol–water partition coefficient (Wildman–Crippen LogP) is 7.06. The summed E-state index contributed by atoms with van der Waals surface area (Å²) in [5, 5.41) is 35.5. The number of rotatable bonds is 15. The van der Waals surface area contributed by atoms with E-state index < -0.39 is 12.2 Å². The van der Waals surface area contributed by atoms with Gasteiger partial charge in [0.1, 0.15) is 17.2 Å². The lowest BCUT2D eigenvalue weighted by molar-refractivity contribution is -0.132. The molecule has 316 valence electrons. The Morgan fingerprint density at radius 1 is 0.983 bits per heavy atom. The molecule has 1 saturated carbocycles. The molecule has 7 N–H and O–H groups in total. The van der Waals surface area contributed by atoms with Crippen molar-refractivity contribution in [1.82, 2.24) is 15.2 Å². The average Bonchev–Trinajstić information content (AvgIpc) is 3.20. The zero-order chi connectivity index (χ0) is 40.6. The Labute approximate surface area is 359 Å². The van der Waals surface area contributed by atoms with Gasteiger partial charge in [-0.15, -0.1) is 24.8 Å². The van der Waals surface area contributed by atoms with E-state index in [4.69, 9.17) is 26.8 Å². The number of fused-ring (bicyclic) bond motifs is 1. The number of amides is 2. The summed E-state index contributed by atoms with van der Waals surface area (Å²) in [7, 11) is 3.19. The Balaban J connectivity index is 0.00000384. The standard InChI is InChI=1S/C43H48ClN5O8.2ClH/c1-48(19-18-26-8-13-31(27-6-4-3-5-7-27)35(20-26)49(43(54)55)30-11-9-29(45)10-12-30)41(53)25-57-39-22-38(56-2)28(21-34(39)44)23-46-24-37(51)32-14-16-36(50)42-33(32)15-17-40(52)47-42;;/h3-8,13-17,20-22,29-30,37,46,50-51H,9-12,18-19,23-25,45H2,1-2H3,(H,47,52)(H,54,55);2*1H/t29?,30?,37-;;/m1../s1. The van der Waals surface area contributed by atoms with Gasteiger partial charge in [-0.05, 0) is 73.1 Å². The number of anilines is 1. The third kappa shape index (κ3) is 11.4. The number of aromatic hydroxyl groups is 1. The van der Waals surface area contributed by atoms with Crippen LogP contribution in [-0.2, 0) is 17.8 Å². The number of carbonyl (C=O) groups excluding carboxylic acids is 1. The highest BCUT2D eigenvalue weighted by atomic mass is 35.5. The van der Waals surface area contributed by atoms with Crippen molar-refractivity contribution in [2.24, 2.45) is 5.73 Å². The van der Waals surface area contributed by atoms with Gasteiger partial charge in [0.2, 0.25) is 5.56 Å². The summed E-state index contributed by atoms with van der Waals surface area (Å²) in [5.41, 5.74) is 10.5.